The van der Waals surface area contributed by atoms with Crippen LogP contribution in [0.2, 0.25) is 0 Å². The molecule has 1 aromatic carbocycles. The lowest BCUT2D eigenvalue weighted by Crippen LogP contribution is -2.46. The topological polar surface area (TPSA) is 50.4 Å². The minimum Gasteiger partial charge on any atom is -0.381 e. The van der Waals surface area contributed by atoms with Crippen LogP contribution in [0.15, 0.2) is 30.3 Å². The highest BCUT2D eigenvalue weighted by molar-refractivity contribution is 5.83. The second kappa shape index (κ2) is 7.46. The van der Waals surface area contributed by atoms with E-state index in [4.69, 9.17) is 4.74 Å². The van der Waals surface area contributed by atoms with E-state index in [2.05, 4.69) is 22.8 Å². The molecule has 0 unspecified atom stereocenters. The highest BCUT2D eigenvalue weighted by Crippen LogP contribution is 2.44. The molecule has 0 aromatic heterocycles. The maximum atomic E-state index is 12.8. The molecule has 0 bridgehead atoms. The molecule has 4 nitrogen and oxygen atoms in total. The maximum Gasteiger partial charge on any atom is 0.241 e. The molecule has 1 aliphatic heterocycles. The van der Waals surface area contributed by atoms with Crippen LogP contribution in [-0.2, 0) is 9.53 Å². The molecule has 1 heterocycles. The second-order valence-electron chi connectivity index (χ2n) is 8.18. The number of carbonyl (C=O) groups excluding carboxylic acids is 1. The van der Waals surface area contributed by atoms with Crippen LogP contribution in [0.1, 0.15) is 63.0 Å². The molecule has 1 saturated heterocycles. The smallest absolute Gasteiger partial charge is 0.241 e. The van der Waals surface area contributed by atoms with Gasteiger partial charge in [0.15, 0.2) is 0 Å². The van der Waals surface area contributed by atoms with Crippen molar-refractivity contribution in [1.82, 2.24) is 10.6 Å². The second-order valence-corrected chi connectivity index (χ2v) is 8.18. The van der Waals surface area contributed by atoms with E-state index in [1.54, 1.807) is 0 Å². The first-order chi connectivity index (χ1) is 12.2. The van der Waals surface area contributed by atoms with Gasteiger partial charge in [-0.3, -0.25) is 10.1 Å². The number of benzene rings is 1. The van der Waals surface area contributed by atoms with Gasteiger partial charge >= 0.3 is 0 Å². The zero-order valence-electron chi connectivity index (χ0n) is 15.0. The standard InChI is InChI=1S/C21H30N2O2/c24-20(23-17-6-7-17)19(16-4-2-1-3-5-16)22-18-8-10-21(11-9-18)12-14-25-15-13-21/h1-5,17-19,22H,6-15H2,(H,23,24)/t19-/m0/s1. The van der Waals surface area contributed by atoms with Gasteiger partial charge in [-0.25, -0.2) is 0 Å². The van der Waals surface area contributed by atoms with Gasteiger partial charge in [-0.05, 0) is 62.3 Å². The van der Waals surface area contributed by atoms with Crippen LogP contribution in [0.5, 0.6) is 0 Å². The van der Waals surface area contributed by atoms with Gasteiger partial charge in [0.05, 0.1) is 0 Å². The van der Waals surface area contributed by atoms with Crippen LogP contribution in [0.3, 0.4) is 0 Å². The fourth-order valence-electron chi connectivity index (χ4n) is 4.42. The summed E-state index contributed by atoms with van der Waals surface area (Å²) in [5.41, 5.74) is 1.58. The first-order valence-electron chi connectivity index (χ1n) is 9.93. The Kier molecular flexibility index (Phi) is 5.09. The van der Waals surface area contributed by atoms with Crippen molar-refractivity contribution in [3.63, 3.8) is 0 Å². The van der Waals surface area contributed by atoms with E-state index in [9.17, 15) is 4.79 Å². The van der Waals surface area contributed by atoms with Crippen molar-refractivity contribution in [2.24, 2.45) is 5.41 Å². The van der Waals surface area contributed by atoms with Crippen LogP contribution < -0.4 is 10.6 Å². The molecule has 25 heavy (non-hydrogen) atoms. The van der Waals surface area contributed by atoms with Gasteiger partial charge in [0.2, 0.25) is 5.91 Å². The van der Waals surface area contributed by atoms with Crippen molar-refractivity contribution in [3.8, 4) is 0 Å². The number of rotatable bonds is 5. The summed E-state index contributed by atoms with van der Waals surface area (Å²) in [6, 6.07) is 10.8. The molecule has 3 aliphatic rings. The third-order valence-corrected chi connectivity index (χ3v) is 6.32. The zero-order chi connectivity index (χ0) is 17.1. The number of carbonyl (C=O) groups is 1. The molecule has 2 aliphatic carbocycles. The zero-order valence-corrected chi connectivity index (χ0v) is 15.0. The Labute approximate surface area is 150 Å². The molecule has 2 saturated carbocycles. The molecular formula is C21H30N2O2. The summed E-state index contributed by atoms with van der Waals surface area (Å²) in [6.45, 7) is 1.85. The summed E-state index contributed by atoms with van der Waals surface area (Å²) in [6.07, 6.45) is 9.54. The quantitative estimate of drug-likeness (QED) is 0.863. The SMILES string of the molecule is O=C(NC1CC1)[C@@H](NC1CCC2(CCOCC2)CC1)c1ccccc1. The molecule has 1 atom stereocenters. The van der Waals surface area contributed by atoms with Crippen LogP contribution in [0.25, 0.3) is 0 Å². The number of nitrogens with one attached hydrogen (secondary N) is 2. The third kappa shape index (κ3) is 4.24. The van der Waals surface area contributed by atoms with Gasteiger partial charge in [-0.2, -0.15) is 0 Å². The van der Waals surface area contributed by atoms with Crippen molar-refractivity contribution in [1.29, 1.82) is 0 Å². The Hall–Kier alpha value is -1.39. The van der Waals surface area contributed by atoms with Gasteiger partial charge in [-0.1, -0.05) is 30.3 Å². The summed E-state index contributed by atoms with van der Waals surface area (Å²) in [5.74, 6) is 0.139. The van der Waals surface area contributed by atoms with Crippen LogP contribution in [0.4, 0.5) is 0 Å². The van der Waals surface area contributed by atoms with Crippen molar-refractivity contribution < 1.29 is 9.53 Å². The lowest BCUT2D eigenvalue weighted by molar-refractivity contribution is -0.123. The molecule has 1 amide bonds. The molecule has 2 N–H and O–H groups in total. The van der Waals surface area contributed by atoms with Gasteiger partial charge in [0, 0.05) is 25.3 Å². The first-order valence-corrected chi connectivity index (χ1v) is 9.93. The summed E-state index contributed by atoms with van der Waals surface area (Å²) in [4.78, 5) is 12.8. The Morgan fingerprint density at radius 3 is 2.28 bits per heavy atom. The fourth-order valence-corrected chi connectivity index (χ4v) is 4.42. The fraction of sp³-hybridized carbons (Fsp3) is 0.667. The molecule has 3 fully saturated rings. The van der Waals surface area contributed by atoms with E-state index in [0.29, 0.717) is 17.5 Å². The molecule has 0 radical (unpaired) electrons. The lowest BCUT2D eigenvalue weighted by atomic mass is 9.68. The van der Waals surface area contributed by atoms with Gasteiger partial charge in [-0.15, -0.1) is 0 Å². The van der Waals surface area contributed by atoms with E-state index < -0.39 is 0 Å². The Morgan fingerprint density at radius 1 is 0.960 bits per heavy atom. The van der Waals surface area contributed by atoms with Crippen LogP contribution >= 0.6 is 0 Å². The molecular weight excluding hydrogens is 312 g/mol. The summed E-state index contributed by atoms with van der Waals surface area (Å²) < 4.78 is 5.55. The average molecular weight is 342 g/mol. The normalized spacial score (nSPS) is 24.8. The van der Waals surface area contributed by atoms with Crippen LogP contribution in [-0.4, -0.2) is 31.2 Å². The van der Waals surface area contributed by atoms with E-state index in [1.807, 2.05) is 18.2 Å². The molecule has 136 valence electrons. The minimum absolute atomic E-state index is 0.139. The van der Waals surface area contributed by atoms with Crippen molar-refractivity contribution in [2.75, 3.05) is 13.2 Å². The van der Waals surface area contributed by atoms with Gasteiger partial charge in [0.25, 0.3) is 0 Å². The molecule has 4 rings (SSSR count). The van der Waals surface area contributed by atoms with Crippen molar-refractivity contribution in [2.45, 2.75) is 69.5 Å². The average Bonchev–Trinajstić information content (AvgIpc) is 3.47. The largest absolute Gasteiger partial charge is 0.381 e. The molecule has 4 heteroatoms. The van der Waals surface area contributed by atoms with E-state index in [1.165, 1.54) is 38.5 Å². The maximum absolute atomic E-state index is 12.8. The summed E-state index contributed by atoms with van der Waals surface area (Å²) in [5, 5.41) is 6.86. The summed E-state index contributed by atoms with van der Waals surface area (Å²) >= 11 is 0. The first kappa shape index (κ1) is 17.0. The highest BCUT2D eigenvalue weighted by atomic mass is 16.5. The minimum atomic E-state index is -0.226. The Bertz CT molecular complexity index is 569. The summed E-state index contributed by atoms with van der Waals surface area (Å²) in [7, 11) is 0. The number of hydrogen-bond donors (Lipinski definition) is 2. The van der Waals surface area contributed by atoms with E-state index in [-0.39, 0.29) is 11.9 Å². The third-order valence-electron chi connectivity index (χ3n) is 6.32. The van der Waals surface area contributed by atoms with Crippen molar-refractivity contribution >= 4 is 5.91 Å². The predicted octanol–water partition coefficient (Wildman–Crippen LogP) is 3.34. The number of ether oxygens (including phenoxy) is 1. The predicted molar refractivity (Wildman–Crippen MR) is 98.2 cm³/mol. The van der Waals surface area contributed by atoms with E-state index >= 15 is 0 Å². The highest BCUT2D eigenvalue weighted by Gasteiger charge is 2.38. The van der Waals surface area contributed by atoms with Crippen molar-refractivity contribution in [3.05, 3.63) is 35.9 Å². The Balaban J connectivity index is 1.39. The molecule has 1 spiro atoms. The number of amides is 1. The monoisotopic (exact) mass is 342 g/mol. The number of hydrogen-bond acceptors (Lipinski definition) is 3. The van der Waals surface area contributed by atoms with Crippen LogP contribution in [0, 0.1) is 5.41 Å². The van der Waals surface area contributed by atoms with E-state index in [0.717, 1.165) is 31.6 Å². The molecule has 1 aromatic rings. The Morgan fingerprint density at radius 2 is 1.64 bits per heavy atom. The van der Waals surface area contributed by atoms with Gasteiger partial charge in [0.1, 0.15) is 6.04 Å². The van der Waals surface area contributed by atoms with Gasteiger partial charge < -0.3 is 10.1 Å². The lowest BCUT2D eigenvalue weighted by Gasteiger charge is -2.43.